The zero-order valence-electron chi connectivity index (χ0n) is 19.1. The van der Waals surface area contributed by atoms with E-state index in [0.29, 0.717) is 11.6 Å². The van der Waals surface area contributed by atoms with E-state index < -0.39 is 0 Å². The van der Waals surface area contributed by atoms with Gasteiger partial charge >= 0.3 is 0 Å². The van der Waals surface area contributed by atoms with Gasteiger partial charge in [0.05, 0.1) is 12.0 Å². The third-order valence-electron chi connectivity index (χ3n) is 5.38. The van der Waals surface area contributed by atoms with E-state index in [2.05, 4.69) is 12.1 Å². The molecule has 0 radical (unpaired) electrons. The monoisotopic (exact) mass is 488 g/mol. The van der Waals surface area contributed by atoms with E-state index in [0.717, 1.165) is 39.5 Å². The van der Waals surface area contributed by atoms with Gasteiger partial charge in [-0.15, -0.1) is 11.3 Å². The summed E-state index contributed by atoms with van der Waals surface area (Å²) in [5.41, 5.74) is 4.01. The molecule has 0 N–H and O–H groups in total. The van der Waals surface area contributed by atoms with Crippen molar-refractivity contribution in [3.05, 3.63) is 122 Å². The summed E-state index contributed by atoms with van der Waals surface area (Å²) in [6.45, 7) is 2.30. The van der Waals surface area contributed by atoms with Crippen LogP contribution >= 0.6 is 22.9 Å². The van der Waals surface area contributed by atoms with Crippen LogP contribution in [0.2, 0.25) is 5.02 Å². The Kier molecular flexibility index (Phi) is 7.84. The van der Waals surface area contributed by atoms with E-state index in [1.54, 1.807) is 13.2 Å². The second-order valence-electron chi connectivity index (χ2n) is 7.90. The number of hydrogen-bond donors (Lipinski definition) is 0. The van der Waals surface area contributed by atoms with Crippen molar-refractivity contribution in [3.63, 3.8) is 0 Å². The van der Waals surface area contributed by atoms with Crippen molar-refractivity contribution in [1.29, 1.82) is 0 Å². The molecule has 0 amide bonds. The zero-order chi connectivity index (χ0) is 23.9. The van der Waals surface area contributed by atoms with Crippen LogP contribution in [-0.2, 0) is 13.0 Å². The number of carbonyl (C=O) groups is 1. The predicted molar refractivity (Wildman–Crippen MR) is 140 cm³/mol. The van der Waals surface area contributed by atoms with Crippen molar-refractivity contribution in [1.82, 2.24) is 0 Å². The number of methoxy groups -OCH3 is 1. The maximum Gasteiger partial charge on any atom is 0.195 e. The third kappa shape index (κ3) is 6.16. The molecule has 4 rings (SSSR count). The first-order chi connectivity index (χ1) is 16.5. The molecule has 5 heteroatoms. The Hall–Kier alpha value is -3.34. The number of ketones is 1. The summed E-state index contributed by atoms with van der Waals surface area (Å²) in [7, 11) is 1.63. The summed E-state index contributed by atoms with van der Waals surface area (Å²) in [4.78, 5) is 14.6. The lowest BCUT2D eigenvalue weighted by Crippen LogP contribution is -2.00. The van der Waals surface area contributed by atoms with Gasteiger partial charge in [-0.3, -0.25) is 4.79 Å². The Morgan fingerprint density at radius 3 is 2.53 bits per heavy atom. The van der Waals surface area contributed by atoms with E-state index in [1.807, 2.05) is 79.7 Å². The smallest absolute Gasteiger partial charge is 0.195 e. The molecule has 1 heterocycles. The Bertz CT molecular complexity index is 1310. The van der Waals surface area contributed by atoms with Crippen LogP contribution in [0, 0.1) is 6.92 Å². The van der Waals surface area contributed by atoms with Crippen molar-refractivity contribution in [2.75, 3.05) is 7.11 Å². The van der Waals surface area contributed by atoms with Gasteiger partial charge in [-0.1, -0.05) is 54.1 Å². The van der Waals surface area contributed by atoms with Crippen LogP contribution in [0.1, 0.15) is 36.8 Å². The maximum atomic E-state index is 12.7. The highest BCUT2D eigenvalue weighted by atomic mass is 35.5. The van der Waals surface area contributed by atoms with E-state index in [-0.39, 0.29) is 5.78 Å². The fraction of sp³-hybridized carbons (Fsp3) is 0.138. The van der Waals surface area contributed by atoms with Crippen LogP contribution in [0.25, 0.3) is 6.08 Å². The maximum absolute atomic E-state index is 12.7. The molecule has 4 aromatic rings. The van der Waals surface area contributed by atoms with Crippen LogP contribution in [-0.4, -0.2) is 12.9 Å². The molecule has 0 bridgehead atoms. The van der Waals surface area contributed by atoms with Gasteiger partial charge in [-0.2, -0.15) is 0 Å². The van der Waals surface area contributed by atoms with Crippen molar-refractivity contribution in [2.24, 2.45) is 0 Å². The molecule has 3 aromatic carbocycles. The van der Waals surface area contributed by atoms with Gasteiger partial charge in [0.15, 0.2) is 5.78 Å². The Labute approximate surface area is 209 Å². The van der Waals surface area contributed by atoms with Gasteiger partial charge in [0.25, 0.3) is 0 Å². The molecule has 0 aliphatic heterocycles. The van der Waals surface area contributed by atoms with Gasteiger partial charge in [0, 0.05) is 21.9 Å². The topological polar surface area (TPSA) is 35.5 Å². The predicted octanol–water partition coefficient (Wildman–Crippen LogP) is 7.78. The van der Waals surface area contributed by atoms with E-state index in [4.69, 9.17) is 21.1 Å². The highest BCUT2D eigenvalue weighted by molar-refractivity contribution is 7.14. The quantitative estimate of drug-likeness (QED) is 0.178. The Morgan fingerprint density at radius 1 is 0.971 bits per heavy atom. The fourth-order valence-electron chi connectivity index (χ4n) is 3.60. The van der Waals surface area contributed by atoms with Crippen LogP contribution in [0.4, 0.5) is 0 Å². The minimum atomic E-state index is -0.00489. The standard InChI is InChI=1S/C29H25ClO3S/c1-20-16-24(30)10-14-27(20)33-19-23-17-22(9-13-28(23)32-2)8-12-26(31)29-15-11-25(34-29)18-21-6-4-3-5-7-21/h3-17H,18-19H2,1-2H3/b12-8+. The average Bonchev–Trinajstić information content (AvgIpc) is 3.31. The molecule has 172 valence electrons. The average molecular weight is 489 g/mol. The molecule has 0 unspecified atom stereocenters. The first-order valence-electron chi connectivity index (χ1n) is 10.9. The van der Waals surface area contributed by atoms with Crippen LogP contribution < -0.4 is 9.47 Å². The number of thiophene rings is 1. The number of carbonyl (C=O) groups excluding carboxylic acids is 1. The minimum absolute atomic E-state index is 0.00489. The third-order valence-corrected chi connectivity index (χ3v) is 6.71. The molecular weight excluding hydrogens is 464 g/mol. The van der Waals surface area contributed by atoms with Crippen molar-refractivity contribution in [3.8, 4) is 11.5 Å². The molecule has 34 heavy (non-hydrogen) atoms. The number of aryl methyl sites for hydroxylation is 1. The summed E-state index contributed by atoms with van der Waals surface area (Å²) < 4.78 is 11.5. The van der Waals surface area contributed by atoms with E-state index in [9.17, 15) is 4.79 Å². The lowest BCUT2D eigenvalue weighted by molar-refractivity contribution is 0.105. The molecular formula is C29H25ClO3S. The fourth-order valence-corrected chi connectivity index (χ4v) is 4.79. The summed E-state index contributed by atoms with van der Waals surface area (Å²) in [5.74, 6) is 1.50. The SMILES string of the molecule is COc1ccc(/C=C/C(=O)c2ccc(Cc3ccccc3)s2)cc1COc1ccc(Cl)cc1C. The molecule has 0 spiro atoms. The lowest BCUT2D eigenvalue weighted by atomic mass is 10.1. The molecule has 0 saturated carbocycles. The molecule has 0 fully saturated rings. The van der Waals surface area contributed by atoms with E-state index >= 15 is 0 Å². The van der Waals surface area contributed by atoms with Crippen LogP contribution in [0.15, 0.2) is 84.9 Å². The molecule has 0 atom stereocenters. The Morgan fingerprint density at radius 2 is 1.76 bits per heavy atom. The summed E-state index contributed by atoms with van der Waals surface area (Å²) in [5, 5.41) is 0.678. The highest BCUT2D eigenvalue weighted by Gasteiger charge is 2.09. The number of halogens is 1. The van der Waals surface area contributed by atoms with Gasteiger partial charge in [0.2, 0.25) is 0 Å². The van der Waals surface area contributed by atoms with E-state index in [1.165, 1.54) is 21.8 Å². The van der Waals surface area contributed by atoms with Gasteiger partial charge in [-0.25, -0.2) is 0 Å². The number of ether oxygens (including phenoxy) is 2. The largest absolute Gasteiger partial charge is 0.496 e. The van der Waals surface area contributed by atoms with Gasteiger partial charge in [-0.05, 0) is 72.2 Å². The van der Waals surface area contributed by atoms with Gasteiger partial charge < -0.3 is 9.47 Å². The summed E-state index contributed by atoms with van der Waals surface area (Å²) in [6, 6.07) is 25.5. The number of rotatable bonds is 9. The first kappa shape index (κ1) is 23.8. The number of allylic oxidation sites excluding steroid dienone is 1. The first-order valence-corrected chi connectivity index (χ1v) is 12.1. The number of hydrogen-bond acceptors (Lipinski definition) is 4. The van der Waals surface area contributed by atoms with Crippen molar-refractivity contribution < 1.29 is 14.3 Å². The highest BCUT2D eigenvalue weighted by Crippen LogP contribution is 2.26. The summed E-state index contributed by atoms with van der Waals surface area (Å²) >= 11 is 7.57. The van der Waals surface area contributed by atoms with Crippen molar-refractivity contribution in [2.45, 2.75) is 20.0 Å². The minimum Gasteiger partial charge on any atom is -0.496 e. The number of benzene rings is 3. The van der Waals surface area contributed by atoms with Crippen LogP contribution in [0.3, 0.4) is 0 Å². The molecule has 3 nitrogen and oxygen atoms in total. The molecule has 0 aliphatic rings. The summed E-state index contributed by atoms with van der Waals surface area (Å²) in [6.07, 6.45) is 4.28. The molecule has 1 aromatic heterocycles. The molecule has 0 saturated heterocycles. The lowest BCUT2D eigenvalue weighted by Gasteiger charge is -2.13. The zero-order valence-corrected chi connectivity index (χ0v) is 20.7. The second kappa shape index (κ2) is 11.2. The van der Waals surface area contributed by atoms with Crippen molar-refractivity contribution >= 4 is 34.8 Å². The normalized spacial score (nSPS) is 11.0. The second-order valence-corrected chi connectivity index (χ2v) is 9.50. The molecule has 0 aliphatic carbocycles. The van der Waals surface area contributed by atoms with Crippen LogP contribution in [0.5, 0.6) is 11.5 Å². The Balaban J connectivity index is 1.44. The van der Waals surface area contributed by atoms with Gasteiger partial charge in [0.1, 0.15) is 18.1 Å².